The van der Waals surface area contributed by atoms with Crippen LogP contribution in [0, 0.1) is 5.92 Å². The third-order valence-corrected chi connectivity index (χ3v) is 14.3. The summed E-state index contributed by atoms with van der Waals surface area (Å²) in [5, 5.41) is 11.0. The first-order valence-electron chi connectivity index (χ1n) is 27.0. The lowest BCUT2D eigenvalue weighted by molar-refractivity contribution is -0.122. The van der Waals surface area contributed by atoms with Gasteiger partial charge < -0.3 is 62.6 Å². The van der Waals surface area contributed by atoms with Gasteiger partial charge in [0.2, 0.25) is 11.6 Å². The number of nitrogens with zero attached hydrogens (tertiary/aromatic N) is 11. The van der Waals surface area contributed by atoms with Gasteiger partial charge in [0.1, 0.15) is 23.0 Å². The highest BCUT2D eigenvalue weighted by Gasteiger charge is 2.25. The molecule has 25 nitrogen and oxygen atoms in total. The standard InChI is InChI=1S/C59H67N15O10/c1-34(14-15-61-56(81)45-24-39(30-71(45)7)64-59(84)55-65-52(33-74(55)10)66-57(82)46-25-40(31-72(46)8)63-58(83)54-60-16-17-67(54)3)48(77)26-41-32-73(9)53(62-41)51(80)23-38-20-44(70(6)29-38)50(79)22-37-19-43(69(5)28-37)49(78)21-36-18-42(68(4)27-36)47(76)13-11-12-35(2)75/h16-20,24-25,27-34H,11-15,21-23,26H2,1-10H3,(H,61,81)(H,63,83)(H,64,84)(H,66,82). The summed E-state index contributed by atoms with van der Waals surface area (Å²) in [6, 6.07) is 8.05. The first kappa shape index (κ1) is 60.0. The van der Waals surface area contributed by atoms with E-state index < -0.39 is 29.5 Å². The second-order valence-electron chi connectivity index (χ2n) is 21.3. The van der Waals surface area contributed by atoms with Gasteiger partial charge in [-0.2, -0.15) is 0 Å². The van der Waals surface area contributed by atoms with Gasteiger partial charge in [-0.15, -0.1) is 0 Å². The van der Waals surface area contributed by atoms with Crippen LogP contribution < -0.4 is 21.3 Å². The molecule has 8 aromatic heterocycles. The smallest absolute Gasteiger partial charge is 0.291 e. The van der Waals surface area contributed by atoms with Crippen molar-refractivity contribution in [2.24, 2.45) is 62.3 Å². The van der Waals surface area contributed by atoms with Crippen molar-refractivity contribution < 1.29 is 47.9 Å². The van der Waals surface area contributed by atoms with Crippen molar-refractivity contribution in [1.82, 2.24) is 56.8 Å². The zero-order valence-corrected chi connectivity index (χ0v) is 48.5. The average molecular weight is 1150 g/mol. The Labute approximate surface area is 483 Å². The summed E-state index contributed by atoms with van der Waals surface area (Å²) in [5.41, 5.74) is 4.71. The van der Waals surface area contributed by atoms with E-state index in [1.807, 2.05) is 0 Å². The number of carbonyl (C=O) groups excluding carboxylic acids is 10. The predicted octanol–water partition coefficient (Wildman–Crippen LogP) is 5.12. The molecule has 0 aliphatic rings. The fraction of sp³-hybridized carbons (Fsp3) is 0.339. The van der Waals surface area contributed by atoms with E-state index in [4.69, 9.17) is 0 Å². The molecule has 0 bridgehead atoms. The minimum atomic E-state index is -0.607. The minimum Gasteiger partial charge on any atom is -0.351 e. The highest BCUT2D eigenvalue weighted by atomic mass is 16.2. The molecule has 4 amide bonds. The van der Waals surface area contributed by atoms with Crippen molar-refractivity contribution >= 4 is 75.5 Å². The summed E-state index contributed by atoms with van der Waals surface area (Å²) in [5.74, 6) is -3.01. The Morgan fingerprint density at radius 3 is 1.50 bits per heavy atom. The number of Topliss-reactive ketones (excluding diaryl/α,β-unsaturated/α-hetero) is 6. The Morgan fingerprint density at radius 1 is 0.464 bits per heavy atom. The monoisotopic (exact) mass is 1150 g/mol. The van der Waals surface area contributed by atoms with E-state index in [0.717, 1.165) is 0 Å². The van der Waals surface area contributed by atoms with Gasteiger partial charge in [-0.3, -0.25) is 43.2 Å². The van der Waals surface area contributed by atoms with Crippen LogP contribution in [-0.2, 0) is 91.7 Å². The van der Waals surface area contributed by atoms with E-state index in [2.05, 4.69) is 36.2 Å². The molecule has 8 aromatic rings. The van der Waals surface area contributed by atoms with Crippen LogP contribution in [0.4, 0.5) is 17.2 Å². The summed E-state index contributed by atoms with van der Waals surface area (Å²) < 4.78 is 12.7. The van der Waals surface area contributed by atoms with Gasteiger partial charge in [0.15, 0.2) is 34.8 Å². The Hall–Kier alpha value is -10.1. The largest absolute Gasteiger partial charge is 0.351 e. The van der Waals surface area contributed by atoms with E-state index >= 15 is 0 Å². The summed E-state index contributed by atoms with van der Waals surface area (Å²) in [6.45, 7) is 3.40. The lowest BCUT2D eigenvalue weighted by Crippen LogP contribution is -2.28. The summed E-state index contributed by atoms with van der Waals surface area (Å²) >= 11 is 0. The maximum Gasteiger partial charge on any atom is 0.291 e. The number of aryl methyl sites for hydroxylation is 8. The molecule has 0 fully saturated rings. The van der Waals surface area contributed by atoms with Crippen molar-refractivity contribution in [3.05, 3.63) is 154 Å². The molecule has 8 heterocycles. The Balaban J connectivity index is 0.773. The lowest BCUT2D eigenvalue weighted by Gasteiger charge is -2.11. The Morgan fingerprint density at radius 2 is 0.964 bits per heavy atom. The van der Waals surface area contributed by atoms with E-state index in [0.29, 0.717) is 70.1 Å². The number of carbonyl (C=O) groups is 10. The molecular weight excluding hydrogens is 1080 g/mol. The van der Waals surface area contributed by atoms with E-state index in [-0.39, 0.29) is 108 Å². The van der Waals surface area contributed by atoms with Crippen molar-refractivity contribution in [1.29, 1.82) is 0 Å². The number of imidazole rings is 3. The molecule has 1 atom stereocenters. The molecule has 8 rings (SSSR count). The number of aromatic nitrogens is 11. The molecule has 0 aromatic carbocycles. The maximum absolute atomic E-state index is 13.6. The quantitative estimate of drug-likeness (QED) is 0.0487. The van der Waals surface area contributed by atoms with Crippen LogP contribution >= 0.6 is 0 Å². The molecule has 84 heavy (non-hydrogen) atoms. The number of rotatable bonds is 27. The van der Waals surface area contributed by atoms with Crippen LogP contribution in [-0.4, -0.2) is 116 Å². The molecule has 438 valence electrons. The molecule has 0 radical (unpaired) electrons. The predicted molar refractivity (Wildman–Crippen MR) is 308 cm³/mol. The van der Waals surface area contributed by atoms with Crippen LogP contribution in [0.25, 0.3) is 0 Å². The van der Waals surface area contributed by atoms with Crippen LogP contribution in [0.3, 0.4) is 0 Å². The molecule has 1 unspecified atom stereocenters. The van der Waals surface area contributed by atoms with Crippen LogP contribution in [0.5, 0.6) is 0 Å². The zero-order valence-electron chi connectivity index (χ0n) is 48.5. The molecule has 0 aliphatic heterocycles. The summed E-state index contributed by atoms with van der Waals surface area (Å²) in [6.07, 6.45) is 15.9. The van der Waals surface area contributed by atoms with Gasteiger partial charge in [0, 0.05) is 157 Å². The van der Waals surface area contributed by atoms with Gasteiger partial charge in [-0.25, -0.2) is 15.0 Å². The van der Waals surface area contributed by atoms with Crippen molar-refractivity contribution in [2.45, 2.75) is 65.2 Å². The van der Waals surface area contributed by atoms with Crippen molar-refractivity contribution in [2.75, 3.05) is 22.5 Å². The molecule has 4 N–H and O–H groups in total. The number of nitrogens with one attached hydrogen (secondary N) is 4. The summed E-state index contributed by atoms with van der Waals surface area (Å²) in [7, 11) is 13.4. The first-order chi connectivity index (χ1) is 39.8. The number of anilines is 3. The summed E-state index contributed by atoms with van der Waals surface area (Å²) in [4.78, 5) is 143. The van der Waals surface area contributed by atoms with Gasteiger partial charge in [0.05, 0.1) is 40.6 Å². The van der Waals surface area contributed by atoms with Gasteiger partial charge in [-0.05, 0) is 66.8 Å². The molecule has 0 aliphatic carbocycles. The maximum atomic E-state index is 13.6. The minimum absolute atomic E-state index is 0.00808. The fourth-order valence-corrected chi connectivity index (χ4v) is 9.94. The molecule has 25 heteroatoms. The molecular formula is C59H67N15O10. The molecule has 0 spiro atoms. The van der Waals surface area contributed by atoms with Crippen molar-refractivity contribution in [3.63, 3.8) is 0 Å². The third kappa shape index (κ3) is 14.1. The highest BCUT2D eigenvalue weighted by Crippen LogP contribution is 2.22. The lowest BCUT2D eigenvalue weighted by atomic mass is 9.99. The second-order valence-corrected chi connectivity index (χ2v) is 21.3. The molecule has 0 saturated heterocycles. The van der Waals surface area contributed by atoms with E-state index in [1.165, 1.54) is 40.6 Å². The average Bonchev–Trinajstić information content (AvgIpc) is 4.48. The van der Waals surface area contributed by atoms with Crippen LogP contribution in [0.1, 0.15) is 146 Å². The number of amides is 4. The van der Waals surface area contributed by atoms with Crippen molar-refractivity contribution in [3.8, 4) is 0 Å². The Bertz CT molecular complexity index is 3920. The normalized spacial score (nSPS) is 11.6. The van der Waals surface area contributed by atoms with Gasteiger partial charge >= 0.3 is 0 Å². The second kappa shape index (κ2) is 25.4. The van der Waals surface area contributed by atoms with Crippen LogP contribution in [0.15, 0.2) is 86.1 Å². The third-order valence-electron chi connectivity index (χ3n) is 14.3. The number of ketones is 6. The fourth-order valence-electron chi connectivity index (χ4n) is 9.94. The zero-order chi connectivity index (χ0) is 60.8. The topological polar surface area (TPSA) is 297 Å². The van der Waals surface area contributed by atoms with E-state index in [1.54, 1.807) is 152 Å². The molecule has 0 saturated carbocycles. The first-order valence-corrected chi connectivity index (χ1v) is 27.0. The SMILES string of the molecule is CC(=O)CCCC(=O)c1cc(CC(=O)c2cc(CC(=O)c3cc(CC(=O)c4nc(CC(=O)C(C)CCNC(=O)c5cc(NC(=O)c6nc(NC(=O)c7cc(NC(=O)c8nccn8C)cn7C)cn6C)cn5C)cn4C)cn3C)cn2C)cn1C. The van der Waals surface area contributed by atoms with E-state index in [9.17, 15) is 47.9 Å². The Kier molecular flexibility index (Phi) is 18.1. The highest BCUT2D eigenvalue weighted by molar-refractivity contribution is 6.07. The van der Waals surface area contributed by atoms with Crippen LogP contribution in [0.2, 0.25) is 0 Å². The number of hydrogen-bond acceptors (Lipinski definition) is 13. The van der Waals surface area contributed by atoms with Gasteiger partial charge in [-0.1, -0.05) is 6.92 Å². The van der Waals surface area contributed by atoms with Gasteiger partial charge in [0.25, 0.3) is 23.6 Å². The number of hydrogen-bond donors (Lipinski definition) is 4.